The zero-order valence-electron chi connectivity index (χ0n) is 11.3. The van der Waals surface area contributed by atoms with Gasteiger partial charge in [-0.15, -0.1) is 11.3 Å². The topological polar surface area (TPSA) is 46.9 Å². The molecule has 0 saturated carbocycles. The third kappa shape index (κ3) is 3.38. The Bertz CT molecular complexity index is 643. The van der Waals surface area contributed by atoms with Gasteiger partial charge in [0.15, 0.2) is 0 Å². The van der Waals surface area contributed by atoms with E-state index in [4.69, 9.17) is 0 Å². The van der Waals surface area contributed by atoms with Crippen LogP contribution in [0.3, 0.4) is 0 Å². The molecule has 0 saturated heterocycles. The monoisotopic (exact) mass is 297 g/mol. The van der Waals surface area contributed by atoms with Crippen molar-refractivity contribution in [2.24, 2.45) is 0 Å². The highest BCUT2D eigenvalue weighted by Crippen LogP contribution is 2.26. The molecule has 0 aliphatic heterocycles. The van der Waals surface area contributed by atoms with Crippen molar-refractivity contribution in [1.82, 2.24) is 9.55 Å². The molecule has 3 aromatic rings. The number of amides is 1. The first-order valence-electron chi connectivity index (χ1n) is 6.69. The molecule has 3 heterocycles. The highest BCUT2D eigenvalue weighted by Gasteiger charge is 2.18. The Labute approximate surface area is 127 Å². The van der Waals surface area contributed by atoms with E-state index in [-0.39, 0.29) is 11.9 Å². The number of nitrogens with one attached hydrogen (secondary N) is 1. The second kappa shape index (κ2) is 6.37. The molecular weight excluding hydrogens is 282 g/mol. The molecule has 21 heavy (non-hydrogen) atoms. The van der Waals surface area contributed by atoms with Crippen LogP contribution in [0.5, 0.6) is 0 Å². The van der Waals surface area contributed by atoms with Crippen molar-refractivity contribution >= 4 is 23.1 Å². The van der Waals surface area contributed by atoms with Crippen molar-refractivity contribution in [3.8, 4) is 0 Å². The first-order valence-corrected chi connectivity index (χ1v) is 7.57. The van der Waals surface area contributed by atoms with Crippen LogP contribution in [0.4, 0.5) is 5.82 Å². The van der Waals surface area contributed by atoms with Crippen molar-refractivity contribution < 1.29 is 4.79 Å². The average Bonchev–Trinajstić information content (AvgIpc) is 3.19. The molecule has 0 spiro atoms. The van der Waals surface area contributed by atoms with E-state index in [0.717, 1.165) is 0 Å². The number of hydrogen-bond acceptors (Lipinski definition) is 3. The molecule has 0 fully saturated rings. The molecule has 5 heteroatoms. The number of carbonyl (C=O) groups excluding carboxylic acids is 1. The van der Waals surface area contributed by atoms with Gasteiger partial charge in [0, 0.05) is 23.5 Å². The Morgan fingerprint density at radius 3 is 2.71 bits per heavy atom. The Morgan fingerprint density at radius 1 is 1.19 bits per heavy atom. The summed E-state index contributed by atoms with van der Waals surface area (Å²) in [7, 11) is 0. The molecule has 0 bridgehead atoms. The summed E-state index contributed by atoms with van der Waals surface area (Å²) in [6.07, 6.45) is 6.01. The van der Waals surface area contributed by atoms with E-state index in [9.17, 15) is 4.79 Å². The quantitative estimate of drug-likeness (QED) is 0.782. The minimum absolute atomic E-state index is 0.0173. The molecule has 1 amide bonds. The van der Waals surface area contributed by atoms with Crippen molar-refractivity contribution in [3.05, 3.63) is 71.3 Å². The maximum atomic E-state index is 12.3. The smallest absolute Gasteiger partial charge is 0.227 e. The van der Waals surface area contributed by atoms with Gasteiger partial charge < -0.3 is 9.88 Å². The van der Waals surface area contributed by atoms with E-state index in [1.807, 2.05) is 48.1 Å². The van der Waals surface area contributed by atoms with E-state index in [1.54, 1.807) is 23.6 Å². The highest BCUT2D eigenvalue weighted by atomic mass is 32.1. The van der Waals surface area contributed by atoms with Crippen LogP contribution in [0, 0.1) is 0 Å². The Balaban J connectivity index is 1.75. The number of aromatic nitrogens is 2. The van der Waals surface area contributed by atoms with Gasteiger partial charge >= 0.3 is 0 Å². The van der Waals surface area contributed by atoms with Crippen LogP contribution in [0.1, 0.15) is 17.3 Å². The molecule has 0 radical (unpaired) electrons. The first-order chi connectivity index (χ1) is 10.3. The van der Waals surface area contributed by atoms with E-state index >= 15 is 0 Å². The Hall–Kier alpha value is -2.40. The predicted molar refractivity (Wildman–Crippen MR) is 84.4 cm³/mol. The van der Waals surface area contributed by atoms with Crippen LogP contribution in [-0.4, -0.2) is 15.5 Å². The number of anilines is 1. The fraction of sp³-hybridized carbons (Fsp3) is 0.125. The van der Waals surface area contributed by atoms with Crippen LogP contribution in [0.15, 0.2) is 66.4 Å². The lowest BCUT2D eigenvalue weighted by atomic mass is 10.1. The number of hydrogen-bond donors (Lipinski definition) is 1. The van der Waals surface area contributed by atoms with Crippen molar-refractivity contribution in [2.45, 2.75) is 12.5 Å². The van der Waals surface area contributed by atoms with Gasteiger partial charge in [-0.2, -0.15) is 0 Å². The molecule has 1 unspecified atom stereocenters. The minimum Gasteiger partial charge on any atom is -0.346 e. The molecule has 1 atom stereocenters. The van der Waals surface area contributed by atoms with Gasteiger partial charge in [0.1, 0.15) is 5.82 Å². The minimum atomic E-state index is -0.0409. The average molecular weight is 297 g/mol. The fourth-order valence-corrected chi connectivity index (χ4v) is 3.03. The first kappa shape index (κ1) is 13.6. The third-order valence-corrected chi connectivity index (χ3v) is 4.14. The molecule has 106 valence electrons. The standard InChI is InChI=1S/C16H15N3OS/c20-16(18-15-7-1-2-8-17-15)12-13(14-6-5-11-21-14)19-9-3-4-10-19/h1-11,13H,12H2,(H,17,18,20). The summed E-state index contributed by atoms with van der Waals surface area (Å²) in [6, 6.07) is 13.5. The lowest BCUT2D eigenvalue weighted by molar-refractivity contribution is -0.116. The third-order valence-electron chi connectivity index (χ3n) is 3.17. The van der Waals surface area contributed by atoms with Crippen LogP contribution in [-0.2, 0) is 4.79 Å². The van der Waals surface area contributed by atoms with Crippen LogP contribution in [0.25, 0.3) is 0 Å². The molecule has 4 nitrogen and oxygen atoms in total. The van der Waals surface area contributed by atoms with Gasteiger partial charge in [-0.25, -0.2) is 4.98 Å². The summed E-state index contributed by atoms with van der Waals surface area (Å²) in [5.41, 5.74) is 0. The normalized spacial score (nSPS) is 12.0. The highest BCUT2D eigenvalue weighted by molar-refractivity contribution is 7.10. The Morgan fingerprint density at radius 2 is 2.05 bits per heavy atom. The maximum Gasteiger partial charge on any atom is 0.227 e. The predicted octanol–water partition coefficient (Wildman–Crippen LogP) is 3.56. The molecule has 3 aromatic heterocycles. The molecule has 1 N–H and O–H groups in total. The second-order valence-corrected chi connectivity index (χ2v) is 5.61. The van der Waals surface area contributed by atoms with Crippen molar-refractivity contribution in [3.63, 3.8) is 0 Å². The lowest BCUT2D eigenvalue weighted by Gasteiger charge is -2.17. The molecule has 3 rings (SSSR count). The molecule has 0 aromatic carbocycles. The number of carbonyl (C=O) groups is 1. The molecular formula is C16H15N3OS. The van der Waals surface area contributed by atoms with E-state index in [1.165, 1.54) is 4.88 Å². The number of thiophene rings is 1. The van der Waals surface area contributed by atoms with Crippen molar-refractivity contribution in [1.29, 1.82) is 0 Å². The van der Waals surface area contributed by atoms with Crippen LogP contribution >= 0.6 is 11.3 Å². The number of pyridine rings is 1. The second-order valence-electron chi connectivity index (χ2n) is 4.63. The largest absolute Gasteiger partial charge is 0.346 e. The van der Waals surface area contributed by atoms with Crippen LogP contribution in [0.2, 0.25) is 0 Å². The summed E-state index contributed by atoms with van der Waals surface area (Å²) in [5, 5.41) is 4.87. The van der Waals surface area contributed by atoms with Crippen molar-refractivity contribution in [2.75, 3.05) is 5.32 Å². The zero-order valence-corrected chi connectivity index (χ0v) is 12.2. The van der Waals surface area contributed by atoms with Gasteiger partial charge in [0.2, 0.25) is 5.91 Å². The van der Waals surface area contributed by atoms with Gasteiger partial charge in [-0.05, 0) is 35.7 Å². The number of rotatable bonds is 5. The molecule has 0 aliphatic rings. The maximum absolute atomic E-state index is 12.3. The van der Waals surface area contributed by atoms with Gasteiger partial charge in [0.05, 0.1) is 12.5 Å². The SMILES string of the molecule is O=C(CC(c1cccs1)n1cccc1)Nc1ccccn1. The summed E-state index contributed by atoms with van der Waals surface area (Å²) >= 11 is 1.66. The van der Waals surface area contributed by atoms with E-state index in [2.05, 4.69) is 20.9 Å². The number of nitrogens with zero attached hydrogens (tertiary/aromatic N) is 2. The summed E-state index contributed by atoms with van der Waals surface area (Å²) < 4.78 is 2.06. The Kier molecular flexibility index (Phi) is 4.12. The summed E-state index contributed by atoms with van der Waals surface area (Å²) in [5.74, 6) is 0.542. The van der Waals surface area contributed by atoms with E-state index in [0.29, 0.717) is 12.2 Å². The van der Waals surface area contributed by atoms with Crippen LogP contribution < -0.4 is 5.32 Å². The van der Waals surface area contributed by atoms with Gasteiger partial charge in [-0.1, -0.05) is 12.1 Å². The fourth-order valence-electron chi connectivity index (χ4n) is 2.20. The van der Waals surface area contributed by atoms with Gasteiger partial charge in [-0.3, -0.25) is 4.79 Å². The van der Waals surface area contributed by atoms with E-state index < -0.39 is 0 Å². The molecule has 0 aliphatic carbocycles. The lowest BCUT2D eigenvalue weighted by Crippen LogP contribution is -2.19. The zero-order chi connectivity index (χ0) is 14.5. The van der Waals surface area contributed by atoms with Gasteiger partial charge in [0.25, 0.3) is 0 Å². The summed E-state index contributed by atoms with van der Waals surface area (Å²) in [4.78, 5) is 17.5. The summed E-state index contributed by atoms with van der Waals surface area (Å²) in [6.45, 7) is 0.